The lowest BCUT2D eigenvalue weighted by Gasteiger charge is -2.25. The lowest BCUT2D eigenvalue weighted by atomic mass is 9.87. The third-order valence-electron chi connectivity index (χ3n) is 16.4. The zero-order chi connectivity index (χ0) is 63.0. The van der Waals surface area contributed by atoms with Crippen molar-refractivity contribution in [1.82, 2.24) is 0 Å². The maximum absolute atomic E-state index is 12.3. The number of carbonyl (C=O) groups excluding carboxylic acids is 3. The highest BCUT2D eigenvalue weighted by molar-refractivity contribution is 5.81. The zero-order valence-electron chi connectivity index (χ0n) is 54.8. The van der Waals surface area contributed by atoms with Gasteiger partial charge in [-0.3, -0.25) is 0 Å². The molecule has 0 aliphatic heterocycles. The summed E-state index contributed by atoms with van der Waals surface area (Å²) < 4.78 is 45.6. The van der Waals surface area contributed by atoms with Crippen LogP contribution in [0.2, 0.25) is 0 Å². The van der Waals surface area contributed by atoms with Crippen LogP contribution in [0.15, 0.2) is 86.5 Å². The van der Waals surface area contributed by atoms with Crippen molar-refractivity contribution in [2.45, 2.75) is 233 Å². The van der Waals surface area contributed by atoms with Crippen LogP contribution < -0.4 is 18.9 Å². The van der Waals surface area contributed by atoms with Gasteiger partial charge in [0.1, 0.15) is 23.0 Å². The second-order valence-corrected chi connectivity index (χ2v) is 24.0. The minimum absolute atomic E-state index is 0.0728. The third kappa shape index (κ3) is 26.4. The van der Waals surface area contributed by atoms with E-state index in [1.54, 1.807) is 0 Å². The minimum Gasteiger partial charge on any atom is -0.493 e. The molecule has 484 valence electrons. The number of fused-ring (bicyclic) bond motifs is 8. The number of aliphatic hydroxyl groups excluding tert-OH is 1. The summed E-state index contributed by atoms with van der Waals surface area (Å²) in [6, 6.07) is 18.4. The Labute approximate surface area is 530 Å². The van der Waals surface area contributed by atoms with E-state index in [4.69, 9.17) is 33.2 Å². The fourth-order valence-corrected chi connectivity index (χ4v) is 11.8. The molecule has 0 saturated heterocycles. The van der Waals surface area contributed by atoms with E-state index in [2.05, 4.69) is 96.0 Å². The topological polar surface area (TPSA) is 136 Å². The number of esters is 3. The third-order valence-corrected chi connectivity index (χ3v) is 16.4. The first kappa shape index (κ1) is 72.4. The molecule has 1 aliphatic carbocycles. The molecule has 0 amide bonds. The summed E-state index contributed by atoms with van der Waals surface area (Å²) in [4.78, 5) is 36.9. The maximum atomic E-state index is 12.3. The van der Waals surface area contributed by atoms with Gasteiger partial charge in [0.2, 0.25) is 0 Å². The summed E-state index contributed by atoms with van der Waals surface area (Å²) in [6.07, 6.45) is 32.8. The van der Waals surface area contributed by atoms with E-state index >= 15 is 0 Å². The predicted molar refractivity (Wildman–Crippen MR) is 358 cm³/mol. The van der Waals surface area contributed by atoms with Gasteiger partial charge in [0.15, 0.2) is 0 Å². The number of aliphatic hydroxyl groups is 1. The van der Waals surface area contributed by atoms with E-state index in [1.807, 2.05) is 0 Å². The summed E-state index contributed by atoms with van der Waals surface area (Å²) in [5.74, 6) is 2.17. The van der Waals surface area contributed by atoms with Crippen LogP contribution in [-0.4, -0.2) is 75.9 Å². The number of carbonyl (C=O) groups is 3. The van der Waals surface area contributed by atoms with Gasteiger partial charge in [0.05, 0.1) is 46.2 Å². The van der Waals surface area contributed by atoms with E-state index in [1.165, 1.54) is 43.9 Å². The van der Waals surface area contributed by atoms with Crippen molar-refractivity contribution < 1.29 is 52.6 Å². The van der Waals surface area contributed by atoms with Crippen LogP contribution in [0.25, 0.3) is 0 Å². The van der Waals surface area contributed by atoms with Crippen molar-refractivity contribution in [1.29, 1.82) is 0 Å². The van der Waals surface area contributed by atoms with Gasteiger partial charge in [-0.1, -0.05) is 199 Å². The zero-order valence-corrected chi connectivity index (χ0v) is 54.8. The molecule has 0 aromatic heterocycles. The average Bonchev–Trinajstić information content (AvgIpc) is 1.51. The Kier molecular flexibility index (Phi) is 35.7. The molecule has 0 heterocycles. The van der Waals surface area contributed by atoms with Gasteiger partial charge in [0, 0.05) is 50.5 Å². The Morgan fingerprint density at radius 1 is 0.330 bits per heavy atom. The molecular formula is C77H110O11. The Morgan fingerprint density at radius 3 is 0.750 bits per heavy atom. The van der Waals surface area contributed by atoms with Crippen molar-refractivity contribution >= 4 is 17.9 Å². The van der Waals surface area contributed by atoms with Gasteiger partial charge in [0.25, 0.3) is 0 Å². The Hall–Kier alpha value is -6.33. The van der Waals surface area contributed by atoms with Crippen molar-refractivity contribution in [2.75, 3.05) is 52.9 Å². The fraction of sp³-hybridized carbons (Fsp3) is 0.571. The van der Waals surface area contributed by atoms with E-state index in [0.717, 1.165) is 192 Å². The molecular weight excluding hydrogens is 1100 g/mol. The van der Waals surface area contributed by atoms with Crippen LogP contribution in [0.5, 0.6) is 23.0 Å². The van der Waals surface area contributed by atoms with Gasteiger partial charge in [-0.2, -0.15) is 0 Å². The molecule has 11 nitrogen and oxygen atoms in total. The summed E-state index contributed by atoms with van der Waals surface area (Å²) in [5, 5.41) is 10.4. The van der Waals surface area contributed by atoms with Gasteiger partial charge in [-0.05, 0) is 144 Å². The van der Waals surface area contributed by atoms with Crippen molar-refractivity contribution in [3.63, 3.8) is 0 Å². The SMILES string of the molecule is C=CC(=O)OCCCc1cc2c(OCCCCCCC)c(c1)Cc1cc(CCCOC(=O)C=C)cc(c1OCCCCCCC)Cc1cc(CCCOC(=O)C=C)cc(c1OCCCCCCC)Cc1cc(CCCO)cc(c1OCCCCCCC)C2. The lowest BCUT2D eigenvalue weighted by Crippen LogP contribution is -2.12. The van der Waals surface area contributed by atoms with E-state index < -0.39 is 17.9 Å². The van der Waals surface area contributed by atoms with E-state index in [0.29, 0.717) is 103 Å². The van der Waals surface area contributed by atoms with Crippen LogP contribution in [-0.2, 0) is 80.0 Å². The largest absolute Gasteiger partial charge is 0.493 e. The summed E-state index contributed by atoms with van der Waals surface area (Å²) >= 11 is 0. The van der Waals surface area contributed by atoms with Crippen molar-refractivity contribution in [3.8, 4) is 23.0 Å². The molecule has 0 fully saturated rings. The molecule has 0 atom stereocenters. The molecule has 0 spiro atoms. The highest BCUT2D eigenvalue weighted by Gasteiger charge is 2.25. The van der Waals surface area contributed by atoms with Crippen molar-refractivity contribution in [2.24, 2.45) is 0 Å². The molecule has 5 rings (SSSR count). The first-order valence-corrected chi connectivity index (χ1v) is 34.2. The molecule has 8 bridgehead atoms. The number of benzene rings is 4. The number of rotatable bonds is 46. The lowest BCUT2D eigenvalue weighted by molar-refractivity contribution is -0.138. The molecule has 4 aromatic rings. The van der Waals surface area contributed by atoms with Crippen LogP contribution in [0.1, 0.15) is 249 Å². The Balaban J connectivity index is 1.90. The van der Waals surface area contributed by atoms with Crippen LogP contribution >= 0.6 is 0 Å². The molecule has 0 unspecified atom stereocenters. The van der Waals surface area contributed by atoms with Crippen LogP contribution in [0, 0.1) is 0 Å². The second-order valence-electron chi connectivity index (χ2n) is 24.0. The first-order valence-electron chi connectivity index (χ1n) is 34.2. The first-order chi connectivity index (χ1) is 43.1. The molecule has 0 radical (unpaired) electrons. The summed E-state index contributed by atoms with van der Waals surface area (Å²) in [5.41, 5.74) is 12.9. The summed E-state index contributed by atoms with van der Waals surface area (Å²) in [6.45, 7) is 22.9. The number of unbranched alkanes of at least 4 members (excludes halogenated alkanes) is 16. The van der Waals surface area contributed by atoms with Crippen LogP contribution in [0.4, 0.5) is 0 Å². The number of ether oxygens (including phenoxy) is 7. The van der Waals surface area contributed by atoms with E-state index in [9.17, 15) is 19.5 Å². The monoisotopic (exact) mass is 1210 g/mol. The smallest absolute Gasteiger partial charge is 0.330 e. The highest BCUT2D eigenvalue weighted by Crippen LogP contribution is 2.42. The molecule has 0 saturated carbocycles. The minimum atomic E-state index is -0.439. The number of hydrogen-bond acceptors (Lipinski definition) is 11. The normalized spacial score (nSPS) is 11.8. The molecule has 88 heavy (non-hydrogen) atoms. The quantitative estimate of drug-likeness (QED) is 0.0173. The van der Waals surface area contributed by atoms with Gasteiger partial charge in [-0.15, -0.1) is 0 Å². The van der Waals surface area contributed by atoms with Crippen molar-refractivity contribution in [3.05, 3.63) is 153 Å². The Bertz CT molecular complexity index is 2590. The van der Waals surface area contributed by atoms with Gasteiger partial charge in [-0.25, -0.2) is 14.4 Å². The van der Waals surface area contributed by atoms with E-state index in [-0.39, 0.29) is 26.4 Å². The van der Waals surface area contributed by atoms with Gasteiger partial charge >= 0.3 is 17.9 Å². The maximum Gasteiger partial charge on any atom is 0.330 e. The standard InChI is InChI=1S/C77H110O11/c1-8-15-19-23-27-40-85-74-63-47-59(35-31-39-78)48-64(74)56-66-50-61(37-33-45-83-72(80)13-6)52-68(76(66)87-42-29-25-21-17-10-3)58-70-54-62(38-34-46-84-73(81)14-7)53-69(77(70)88-43-30-26-22-18-11-4)57-67-51-60(36-32-44-82-71(79)12-5)49-65(55-63)75(67)86-41-28-24-20-16-9-2/h12-14,47-54,78H,5-11,15-46,55-58H2,1-4H3. The molecule has 4 aromatic carbocycles. The molecule has 11 heteroatoms. The molecule has 1 aliphatic rings. The number of hydrogen-bond donors (Lipinski definition) is 1. The highest BCUT2D eigenvalue weighted by atomic mass is 16.5. The van der Waals surface area contributed by atoms with Crippen LogP contribution in [0.3, 0.4) is 0 Å². The predicted octanol–water partition coefficient (Wildman–Crippen LogP) is 17.7. The number of aryl methyl sites for hydroxylation is 4. The fourth-order valence-electron chi connectivity index (χ4n) is 11.8. The second kappa shape index (κ2) is 43.4. The summed E-state index contributed by atoms with van der Waals surface area (Å²) in [7, 11) is 0. The molecule has 1 N–H and O–H groups in total. The average molecular weight is 1210 g/mol. The Morgan fingerprint density at radius 2 is 0.545 bits per heavy atom. The van der Waals surface area contributed by atoms with Gasteiger partial charge < -0.3 is 38.3 Å².